The zero-order chi connectivity index (χ0) is 5.98. The normalized spacial score (nSPS) is 24.8. The highest BCUT2D eigenvalue weighted by Gasteiger charge is 2.24. The Bertz CT molecular complexity index is 70.1. The lowest BCUT2D eigenvalue weighted by Gasteiger charge is -2.29. The van der Waals surface area contributed by atoms with Crippen molar-refractivity contribution in [1.29, 1.82) is 0 Å². The first kappa shape index (κ1) is 6.01. The van der Waals surface area contributed by atoms with Crippen LogP contribution in [0.2, 0.25) is 0 Å². The second kappa shape index (κ2) is 2.44. The molecule has 8 heavy (non-hydrogen) atoms. The third-order valence-corrected chi connectivity index (χ3v) is 1.48. The summed E-state index contributed by atoms with van der Waals surface area (Å²) in [5.41, 5.74) is 5.45. The summed E-state index contributed by atoms with van der Waals surface area (Å²) in [6.07, 6.45) is 0. The van der Waals surface area contributed by atoms with Gasteiger partial charge in [0.2, 0.25) is 0 Å². The fraction of sp³-hybridized carbons (Fsp3) is 1.00. The molecular weight excluding hydrogens is 106 g/mol. The first-order chi connectivity index (χ1) is 3.84. The van der Waals surface area contributed by atoms with Gasteiger partial charge in [-0.1, -0.05) is 0 Å². The maximum absolute atomic E-state index is 8.49. The highest BCUT2D eigenvalue weighted by molar-refractivity contribution is 4.76. The van der Waals surface area contributed by atoms with Crippen molar-refractivity contribution in [3.8, 4) is 0 Å². The van der Waals surface area contributed by atoms with E-state index in [-0.39, 0.29) is 12.6 Å². The summed E-state index contributed by atoms with van der Waals surface area (Å²) in [4.78, 5) is 0. The molecule has 1 rings (SSSR count). The lowest BCUT2D eigenvalue weighted by atomic mass is 10.0. The summed E-state index contributed by atoms with van der Waals surface area (Å²) >= 11 is 0. The van der Waals surface area contributed by atoms with Crippen molar-refractivity contribution in [2.45, 2.75) is 6.04 Å². The van der Waals surface area contributed by atoms with Crippen LogP contribution in [0.15, 0.2) is 0 Å². The molecule has 0 aliphatic carbocycles. The SMILES string of the molecule is N[C@@H](CO)C1COC1. The maximum Gasteiger partial charge on any atom is 0.0587 e. The van der Waals surface area contributed by atoms with Crippen LogP contribution in [-0.4, -0.2) is 31.0 Å². The molecule has 1 aliphatic rings. The van der Waals surface area contributed by atoms with Crippen LogP contribution in [0.4, 0.5) is 0 Å². The van der Waals surface area contributed by atoms with Crippen LogP contribution >= 0.6 is 0 Å². The summed E-state index contributed by atoms with van der Waals surface area (Å²) in [6.45, 7) is 1.53. The monoisotopic (exact) mass is 117 g/mol. The van der Waals surface area contributed by atoms with Crippen LogP contribution in [0, 0.1) is 5.92 Å². The molecule has 1 aliphatic heterocycles. The molecule has 1 saturated heterocycles. The maximum atomic E-state index is 8.49. The number of rotatable bonds is 2. The van der Waals surface area contributed by atoms with Gasteiger partial charge in [-0.05, 0) is 0 Å². The number of hydrogen-bond acceptors (Lipinski definition) is 3. The van der Waals surface area contributed by atoms with E-state index in [0.29, 0.717) is 5.92 Å². The van der Waals surface area contributed by atoms with Gasteiger partial charge in [0, 0.05) is 12.0 Å². The molecule has 3 heteroatoms. The minimum Gasteiger partial charge on any atom is -0.395 e. The topological polar surface area (TPSA) is 55.5 Å². The van der Waals surface area contributed by atoms with Gasteiger partial charge in [0.25, 0.3) is 0 Å². The van der Waals surface area contributed by atoms with Crippen LogP contribution in [-0.2, 0) is 4.74 Å². The number of aliphatic hydroxyl groups excluding tert-OH is 1. The Morgan fingerprint density at radius 1 is 1.75 bits per heavy atom. The highest BCUT2D eigenvalue weighted by Crippen LogP contribution is 2.11. The fourth-order valence-electron chi connectivity index (χ4n) is 0.650. The fourth-order valence-corrected chi connectivity index (χ4v) is 0.650. The molecule has 0 saturated carbocycles. The number of hydrogen-bond donors (Lipinski definition) is 2. The van der Waals surface area contributed by atoms with Gasteiger partial charge in [-0.15, -0.1) is 0 Å². The molecule has 0 amide bonds. The molecule has 0 radical (unpaired) electrons. The van der Waals surface area contributed by atoms with E-state index in [2.05, 4.69) is 0 Å². The van der Waals surface area contributed by atoms with Gasteiger partial charge in [0.15, 0.2) is 0 Å². The Labute approximate surface area is 48.4 Å². The minimum atomic E-state index is -0.0660. The van der Waals surface area contributed by atoms with Crippen molar-refractivity contribution >= 4 is 0 Å². The Morgan fingerprint density at radius 3 is 2.50 bits per heavy atom. The van der Waals surface area contributed by atoms with Crippen LogP contribution in [0.1, 0.15) is 0 Å². The van der Waals surface area contributed by atoms with E-state index in [4.69, 9.17) is 15.6 Å². The zero-order valence-electron chi connectivity index (χ0n) is 4.71. The largest absolute Gasteiger partial charge is 0.395 e. The second-order valence-electron chi connectivity index (χ2n) is 2.14. The second-order valence-corrected chi connectivity index (χ2v) is 2.14. The van der Waals surface area contributed by atoms with Crippen molar-refractivity contribution in [2.75, 3.05) is 19.8 Å². The van der Waals surface area contributed by atoms with Crippen LogP contribution in [0.25, 0.3) is 0 Å². The van der Waals surface area contributed by atoms with Gasteiger partial charge in [-0.3, -0.25) is 0 Å². The van der Waals surface area contributed by atoms with Crippen LogP contribution in [0.5, 0.6) is 0 Å². The van der Waals surface area contributed by atoms with Crippen molar-refractivity contribution < 1.29 is 9.84 Å². The zero-order valence-corrected chi connectivity index (χ0v) is 4.71. The number of aliphatic hydroxyl groups is 1. The lowest BCUT2D eigenvalue weighted by molar-refractivity contribution is -0.0508. The first-order valence-electron chi connectivity index (χ1n) is 2.78. The Kier molecular flexibility index (Phi) is 1.83. The third-order valence-electron chi connectivity index (χ3n) is 1.48. The van der Waals surface area contributed by atoms with E-state index in [0.717, 1.165) is 13.2 Å². The summed E-state index contributed by atoms with van der Waals surface area (Å²) < 4.78 is 4.87. The molecule has 48 valence electrons. The molecule has 1 fully saturated rings. The molecule has 1 atom stereocenters. The summed E-state index contributed by atoms with van der Waals surface area (Å²) in [5, 5.41) is 8.49. The summed E-state index contributed by atoms with van der Waals surface area (Å²) in [6, 6.07) is -0.0660. The molecule has 1 heterocycles. The molecule has 0 bridgehead atoms. The Morgan fingerprint density at radius 2 is 2.38 bits per heavy atom. The van der Waals surface area contributed by atoms with E-state index in [1.165, 1.54) is 0 Å². The molecule has 0 aromatic heterocycles. The highest BCUT2D eigenvalue weighted by atomic mass is 16.5. The van der Waals surface area contributed by atoms with E-state index in [1.54, 1.807) is 0 Å². The van der Waals surface area contributed by atoms with E-state index in [9.17, 15) is 0 Å². The van der Waals surface area contributed by atoms with Gasteiger partial charge >= 0.3 is 0 Å². The number of nitrogens with two attached hydrogens (primary N) is 1. The molecule has 0 aromatic carbocycles. The predicted octanol–water partition coefficient (Wildman–Crippen LogP) is -1.05. The van der Waals surface area contributed by atoms with Gasteiger partial charge in [-0.25, -0.2) is 0 Å². The quantitative estimate of drug-likeness (QED) is 0.485. The summed E-state index contributed by atoms with van der Waals surface area (Å²) in [7, 11) is 0. The minimum absolute atomic E-state index is 0.0660. The Balaban J connectivity index is 2.13. The number of ether oxygens (including phenoxy) is 1. The molecule has 3 nitrogen and oxygen atoms in total. The van der Waals surface area contributed by atoms with Crippen molar-refractivity contribution in [3.63, 3.8) is 0 Å². The smallest absolute Gasteiger partial charge is 0.0587 e. The first-order valence-corrected chi connectivity index (χ1v) is 2.78. The van der Waals surface area contributed by atoms with Gasteiger partial charge in [-0.2, -0.15) is 0 Å². The molecule has 0 unspecified atom stereocenters. The van der Waals surface area contributed by atoms with Crippen LogP contribution < -0.4 is 5.73 Å². The van der Waals surface area contributed by atoms with Crippen molar-refractivity contribution in [1.82, 2.24) is 0 Å². The van der Waals surface area contributed by atoms with Crippen molar-refractivity contribution in [2.24, 2.45) is 11.7 Å². The van der Waals surface area contributed by atoms with E-state index >= 15 is 0 Å². The predicted molar refractivity (Wildman–Crippen MR) is 29.4 cm³/mol. The van der Waals surface area contributed by atoms with Gasteiger partial charge in [0.05, 0.1) is 19.8 Å². The molecule has 3 N–H and O–H groups in total. The summed E-state index contributed by atoms with van der Waals surface area (Å²) in [5.74, 6) is 0.403. The van der Waals surface area contributed by atoms with Gasteiger partial charge in [0.1, 0.15) is 0 Å². The average Bonchev–Trinajstić information content (AvgIpc) is 1.62. The third kappa shape index (κ3) is 0.992. The van der Waals surface area contributed by atoms with Crippen LogP contribution in [0.3, 0.4) is 0 Å². The molecule has 0 aromatic rings. The Hall–Kier alpha value is -0.120. The average molecular weight is 117 g/mol. The van der Waals surface area contributed by atoms with Gasteiger partial charge < -0.3 is 15.6 Å². The van der Waals surface area contributed by atoms with E-state index in [1.807, 2.05) is 0 Å². The molecule has 0 spiro atoms. The van der Waals surface area contributed by atoms with Crippen molar-refractivity contribution in [3.05, 3.63) is 0 Å². The molecular formula is C5H11NO2. The lowest BCUT2D eigenvalue weighted by Crippen LogP contribution is -2.45. The standard InChI is InChI=1S/C5H11NO2/c6-5(1-7)4-2-8-3-4/h4-5,7H,1-3,6H2/t5-/m0/s1. The van der Waals surface area contributed by atoms with E-state index < -0.39 is 0 Å².